The maximum atomic E-state index is 12.3. The summed E-state index contributed by atoms with van der Waals surface area (Å²) in [6.45, 7) is 0. The first kappa shape index (κ1) is 25.9. The van der Waals surface area contributed by atoms with Gasteiger partial charge in [-0.05, 0) is 42.8 Å². The second kappa shape index (κ2) is 11.7. The monoisotopic (exact) mass is 584 g/mol. The lowest BCUT2D eigenvalue weighted by Crippen LogP contribution is -2.14. The fourth-order valence-corrected chi connectivity index (χ4v) is 5.54. The van der Waals surface area contributed by atoms with E-state index in [-0.39, 0.29) is 24.7 Å². The molecule has 0 saturated heterocycles. The van der Waals surface area contributed by atoms with Crippen LogP contribution in [0.2, 0.25) is 20.1 Å². The molecule has 4 rings (SSSR count). The Bertz CT molecular complexity index is 1290. The summed E-state index contributed by atoms with van der Waals surface area (Å²) in [6, 6.07) is 10.3. The Morgan fingerprint density at radius 2 is 1.14 bits per heavy atom. The summed E-state index contributed by atoms with van der Waals surface area (Å²) in [4.78, 5) is 33.4. The van der Waals surface area contributed by atoms with Gasteiger partial charge in [0.15, 0.2) is 10.3 Å². The topological polar surface area (TPSA) is 84.0 Å². The lowest BCUT2D eigenvalue weighted by atomic mass is 10.2. The molecule has 2 aromatic carbocycles. The minimum atomic E-state index is -0.227. The van der Waals surface area contributed by atoms with E-state index in [0.29, 0.717) is 48.2 Å². The molecule has 2 N–H and O–H groups in total. The van der Waals surface area contributed by atoms with E-state index < -0.39 is 0 Å². The Labute approximate surface area is 229 Å². The molecule has 2 heterocycles. The number of anilines is 2. The number of hydrogen-bond donors (Lipinski definition) is 2. The molecule has 4 aromatic rings. The third-order valence-electron chi connectivity index (χ3n) is 4.72. The number of thiazole rings is 2. The number of carbonyl (C=O) groups is 2. The molecule has 0 aliphatic rings. The molecule has 0 unspecified atom stereocenters. The number of nitrogens with one attached hydrogen (secondary N) is 2. The van der Waals surface area contributed by atoms with Crippen molar-refractivity contribution in [3.63, 3.8) is 0 Å². The summed E-state index contributed by atoms with van der Waals surface area (Å²) in [5.41, 5.74) is 2.75. The largest absolute Gasteiger partial charge is 0.302 e. The first-order valence-corrected chi connectivity index (χ1v) is 13.5. The lowest BCUT2D eigenvalue weighted by molar-refractivity contribution is -0.117. The second-order valence-corrected chi connectivity index (χ2v) is 10.7. The standard InChI is InChI=1S/C23H16Cl4N4O2S2/c24-12-4-6-14(16(26)8-12)18-10-34-22(28-18)30-20(32)2-1-3-21(33)31-23-29-19(11-35-23)15-7-5-13(25)9-17(15)27/h4-11H,1-3H2,(H,28,30,32)(H,29,31,33). The molecule has 0 bridgehead atoms. The van der Waals surface area contributed by atoms with Gasteiger partial charge in [-0.15, -0.1) is 22.7 Å². The molecule has 0 radical (unpaired) electrons. The van der Waals surface area contributed by atoms with Crippen molar-refractivity contribution in [2.45, 2.75) is 19.3 Å². The van der Waals surface area contributed by atoms with E-state index in [9.17, 15) is 9.59 Å². The molecule has 35 heavy (non-hydrogen) atoms. The van der Waals surface area contributed by atoms with Gasteiger partial charge in [0.2, 0.25) is 11.8 Å². The molecule has 0 aliphatic carbocycles. The van der Waals surface area contributed by atoms with Crippen LogP contribution in [0.4, 0.5) is 10.3 Å². The minimum Gasteiger partial charge on any atom is -0.302 e. The third-order valence-corrected chi connectivity index (χ3v) is 7.33. The first-order chi connectivity index (χ1) is 16.8. The summed E-state index contributed by atoms with van der Waals surface area (Å²) in [7, 11) is 0. The van der Waals surface area contributed by atoms with Gasteiger partial charge in [-0.3, -0.25) is 9.59 Å². The van der Waals surface area contributed by atoms with Crippen LogP contribution in [0.3, 0.4) is 0 Å². The zero-order valence-electron chi connectivity index (χ0n) is 17.8. The van der Waals surface area contributed by atoms with Crippen LogP contribution < -0.4 is 10.6 Å². The number of amides is 2. The van der Waals surface area contributed by atoms with Crippen LogP contribution in [-0.4, -0.2) is 21.8 Å². The highest BCUT2D eigenvalue weighted by atomic mass is 35.5. The summed E-state index contributed by atoms with van der Waals surface area (Å²) < 4.78 is 0. The number of benzene rings is 2. The van der Waals surface area contributed by atoms with Crippen molar-refractivity contribution in [2.24, 2.45) is 0 Å². The highest BCUT2D eigenvalue weighted by Crippen LogP contribution is 2.33. The predicted octanol–water partition coefficient (Wildman–Crippen LogP) is 8.29. The number of aromatic nitrogens is 2. The van der Waals surface area contributed by atoms with Crippen LogP contribution in [0.1, 0.15) is 19.3 Å². The molecule has 0 fully saturated rings. The van der Waals surface area contributed by atoms with Gasteiger partial charge in [0, 0.05) is 44.8 Å². The second-order valence-electron chi connectivity index (χ2n) is 7.27. The molecule has 6 nitrogen and oxygen atoms in total. The van der Waals surface area contributed by atoms with Crippen molar-refractivity contribution >= 4 is 91.2 Å². The Morgan fingerprint density at radius 1 is 0.714 bits per heavy atom. The quantitative estimate of drug-likeness (QED) is 0.218. The van der Waals surface area contributed by atoms with Gasteiger partial charge < -0.3 is 10.6 Å². The van der Waals surface area contributed by atoms with Gasteiger partial charge >= 0.3 is 0 Å². The minimum absolute atomic E-state index is 0.174. The summed E-state index contributed by atoms with van der Waals surface area (Å²) in [6.07, 6.45) is 0.723. The van der Waals surface area contributed by atoms with Gasteiger partial charge in [-0.2, -0.15) is 0 Å². The Balaban J connectivity index is 1.24. The fourth-order valence-electron chi connectivity index (χ4n) is 3.08. The van der Waals surface area contributed by atoms with Crippen LogP contribution in [0.25, 0.3) is 22.5 Å². The molecular formula is C23H16Cl4N4O2S2. The van der Waals surface area contributed by atoms with E-state index in [1.807, 2.05) is 0 Å². The smallest absolute Gasteiger partial charge is 0.226 e. The molecule has 0 aliphatic heterocycles. The van der Waals surface area contributed by atoms with E-state index in [0.717, 1.165) is 11.1 Å². The Kier molecular flexibility index (Phi) is 8.64. The van der Waals surface area contributed by atoms with E-state index in [1.165, 1.54) is 22.7 Å². The fraction of sp³-hybridized carbons (Fsp3) is 0.130. The zero-order valence-corrected chi connectivity index (χ0v) is 22.4. The average molecular weight is 586 g/mol. The van der Waals surface area contributed by atoms with Crippen molar-refractivity contribution in [1.82, 2.24) is 9.97 Å². The summed E-state index contributed by atoms with van der Waals surface area (Å²) in [5, 5.41) is 12.1. The molecule has 0 atom stereocenters. The van der Waals surface area contributed by atoms with Crippen molar-refractivity contribution in [3.8, 4) is 22.5 Å². The van der Waals surface area contributed by atoms with Crippen LogP contribution in [-0.2, 0) is 9.59 Å². The molecular weight excluding hydrogens is 570 g/mol. The number of rotatable bonds is 8. The van der Waals surface area contributed by atoms with Gasteiger partial charge in [0.25, 0.3) is 0 Å². The average Bonchev–Trinajstić information content (AvgIpc) is 3.43. The van der Waals surface area contributed by atoms with Crippen molar-refractivity contribution in [3.05, 3.63) is 67.2 Å². The maximum absolute atomic E-state index is 12.3. The van der Waals surface area contributed by atoms with Crippen molar-refractivity contribution < 1.29 is 9.59 Å². The van der Waals surface area contributed by atoms with E-state index >= 15 is 0 Å². The maximum Gasteiger partial charge on any atom is 0.226 e. The van der Waals surface area contributed by atoms with Crippen LogP contribution in [0.15, 0.2) is 47.2 Å². The van der Waals surface area contributed by atoms with E-state index in [2.05, 4.69) is 20.6 Å². The number of nitrogens with zero attached hydrogens (tertiary/aromatic N) is 2. The Morgan fingerprint density at radius 3 is 1.54 bits per heavy atom. The normalized spacial score (nSPS) is 10.9. The number of hydrogen-bond acceptors (Lipinski definition) is 6. The third kappa shape index (κ3) is 6.94. The highest BCUT2D eigenvalue weighted by Gasteiger charge is 2.13. The molecule has 0 saturated carbocycles. The number of halogens is 4. The van der Waals surface area contributed by atoms with Crippen molar-refractivity contribution in [1.29, 1.82) is 0 Å². The SMILES string of the molecule is O=C(CCCC(=O)Nc1nc(-c2ccc(Cl)cc2Cl)cs1)Nc1nc(-c2ccc(Cl)cc2Cl)cs1. The zero-order chi connectivity index (χ0) is 24.9. The van der Waals surface area contributed by atoms with Gasteiger partial charge in [-0.1, -0.05) is 46.4 Å². The highest BCUT2D eigenvalue weighted by molar-refractivity contribution is 7.14. The van der Waals surface area contributed by atoms with Crippen LogP contribution in [0, 0.1) is 0 Å². The molecule has 180 valence electrons. The summed E-state index contributed by atoms with van der Waals surface area (Å²) >= 11 is 26.9. The molecule has 2 amide bonds. The molecule has 12 heteroatoms. The van der Waals surface area contributed by atoms with Crippen LogP contribution in [0.5, 0.6) is 0 Å². The van der Waals surface area contributed by atoms with E-state index in [1.54, 1.807) is 47.2 Å². The Hall–Kier alpha value is -2.20. The van der Waals surface area contributed by atoms with Gasteiger partial charge in [-0.25, -0.2) is 9.97 Å². The first-order valence-electron chi connectivity index (χ1n) is 10.2. The van der Waals surface area contributed by atoms with Crippen molar-refractivity contribution in [2.75, 3.05) is 10.6 Å². The van der Waals surface area contributed by atoms with E-state index in [4.69, 9.17) is 46.4 Å². The van der Waals surface area contributed by atoms with Crippen LogP contribution >= 0.6 is 69.1 Å². The van der Waals surface area contributed by atoms with Gasteiger partial charge in [0.05, 0.1) is 21.4 Å². The predicted molar refractivity (Wildman–Crippen MR) is 146 cm³/mol. The number of carbonyl (C=O) groups excluding carboxylic acids is 2. The molecule has 2 aromatic heterocycles. The lowest BCUT2D eigenvalue weighted by Gasteiger charge is -2.03. The van der Waals surface area contributed by atoms with Gasteiger partial charge in [0.1, 0.15) is 0 Å². The molecule has 0 spiro atoms. The summed E-state index contributed by atoms with van der Waals surface area (Å²) in [5.74, 6) is -0.454.